The molecule has 1 heterocycles. The second-order valence-electron chi connectivity index (χ2n) is 2.24. The molecule has 0 aliphatic carbocycles. The van der Waals surface area contributed by atoms with Crippen LogP contribution in [0.15, 0.2) is 0 Å². The number of carbonyl (C=O) groups excluding carboxylic acids is 1. The van der Waals surface area contributed by atoms with Crippen molar-refractivity contribution in [3.8, 4) is 0 Å². The van der Waals surface area contributed by atoms with Crippen LogP contribution in [0.1, 0.15) is 6.42 Å². The highest BCUT2D eigenvalue weighted by Gasteiger charge is 2.05. The second kappa shape index (κ2) is 5.03. The molecule has 5 nitrogen and oxygen atoms in total. The molecule has 0 spiro atoms. The topological polar surface area (TPSA) is 80.9 Å². The first kappa shape index (κ1) is 10.3. The Morgan fingerprint density at radius 1 is 1.69 bits per heavy atom. The van der Waals surface area contributed by atoms with Crippen molar-refractivity contribution >= 4 is 39.3 Å². The van der Waals surface area contributed by atoms with Gasteiger partial charge in [0.15, 0.2) is 0 Å². The summed E-state index contributed by atoms with van der Waals surface area (Å²) in [6.45, 7) is 0. The normalized spacial score (nSPS) is 9.92. The third-order valence-electron chi connectivity index (χ3n) is 1.22. The molecule has 1 rings (SSSR count). The molecule has 0 saturated carbocycles. The van der Waals surface area contributed by atoms with Crippen LogP contribution in [0.5, 0.6) is 0 Å². The highest BCUT2D eigenvalue weighted by Crippen LogP contribution is 2.16. The molecule has 0 radical (unpaired) electrons. The van der Waals surface area contributed by atoms with Gasteiger partial charge in [-0.1, -0.05) is 11.3 Å². The number of anilines is 2. The summed E-state index contributed by atoms with van der Waals surface area (Å²) in [5.41, 5.74) is 5.34. The van der Waals surface area contributed by atoms with Crippen LogP contribution in [0.2, 0.25) is 0 Å². The Labute approximate surface area is 84.1 Å². The van der Waals surface area contributed by atoms with Gasteiger partial charge < -0.3 is 11.1 Å². The molecule has 7 heteroatoms. The zero-order valence-corrected chi connectivity index (χ0v) is 8.74. The second-order valence-corrected chi connectivity index (χ2v) is 4.23. The van der Waals surface area contributed by atoms with Crippen LogP contribution in [0, 0.1) is 0 Å². The minimum Gasteiger partial charge on any atom is -0.374 e. The first-order chi connectivity index (χ1) is 6.22. The summed E-state index contributed by atoms with van der Waals surface area (Å²) in [6, 6.07) is 0. The van der Waals surface area contributed by atoms with Crippen molar-refractivity contribution in [1.82, 2.24) is 10.2 Å². The summed E-state index contributed by atoms with van der Waals surface area (Å²) in [7, 11) is 0. The Balaban J connectivity index is 2.36. The van der Waals surface area contributed by atoms with Gasteiger partial charge in [0.1, 0.15) is 0 Å². The van der Waals surface area contributed by atoms with Crippen LogP contribution in [-0.4, -0.2) is 28.1 Å². The molecule has 0 unspecified atom stereocenters. The van der Waals surface area contributed by atoms with E-state index < -0.39 is 0 Å². The lowest BCUT2D eigenvalue weighted by Gasteiger charge is -1.97. The number of rotatable bonds is 4. The molecule has 0 aromatic carbocycles. The lowest BCUT2D eigenvalue weighted by molar-refractivity contribution is -0.115. The van der Waals surface area contributed by atoms with E-state index in [2.05, 4.69) is 15.5 Å². The molecule has 1 aromatic heterocycles. The fourth-order valence-corrected chi connectivity index (χ4v) is 1.58. The molecule has 3 N–H and O–H groups in total. The van der Waals surface area contributed by atoms with E-state index >= 15 is 0 Å². The van der Waals surface area contributed by atoms with E-state index in [9.17, 15) is 4.79 Å². The van der Waals surface area contributed by atoms with Crippen molar-refractivity contribution in [2.24, 2.45) is 0 Å². The molecule has 1 aromatic rings. The molecule has 1 amide bonds. The number of nitrogens with one attached hydrogen (secondary N) is 1. The Morgan fingerprint density at radius 2 is 2.46 bits per heavy atom. The standard InChI is InChI=1S/C6H10N4OS2/c1-12-3-2-4(11)8-6-10-9-5(7)13-6/h2-3H2,1H3,(H2,7,9)(H,8,10,11). The molecular formula is C6H10N4OS2. The quantitative estimate of drug-likeness (QED) is 0.781. The van der Waals surface area contributed by atoms with Crippen molar-refractivity contribution in [1.29, 1.82) is 0 Å². The van der Waals surface area contributed by atoms with E-state index in [0.29, 0.717) is 16.7 Å². The van der Waals surface area contributed by atoms with Gasteiger partial charge in [-0.2, -0.15) is 11.8 Å². The van der Waals surface area contributed by atoms with Crippen LogP contribution in [0.25, 0.3) is 0 Å². The summed E-state index contributed by atoms with van der Waals surface area (Å²) < 4.78 is 0. The van der Waals surface area contributed by atoms with Gasteiger partial charge in [0, 0.05) is 12.2 Å². The first-order valence-electron chi connectivity index (χ1n) is 3.60. The molecular weight excluding hydrogens is 208 g/mol. The number of hydrogen-bond acceptors (Lipinski definition) is 6. The summed E-state index contributed by atoms with van der Waals surface area (Å²) in [5, 5.41) is 10.7. The SMILES string of the molecule is CSCCC(=O)Nc1nnc(N)s1. The summed E-state index contributed by atoms with van der Waals surface area (Å²) >= 11 is 2.79. The van der Waals surface area contributed by atoms with Crippen LogP contribution < -0.4 is 11.1 Å². The summed E-state index contributed by atoms with van der Waals surface area (Å²) in [5.74, 6) is 0.755. The van der Waals surface area contributed by atoms with Gasteiger partial charge in [-0.3, -0.25) is 4.79 Å². The number of carbonyl (C=O) groups is 1. The third-order valence-corrected chi connectivity index (χ3v) is 2.50. The van der Waals surface area contributed by atoms with Crippen molar-refractivity contribution in [3.63, 3.8) is 0 Å². The van der Waals surface area contributed by atoms with E-state index in [4.69, 9.17) is 5.73 Å². The lowest BCUT2D eigenvalue weighted by atomic mass is 10.5. The maximum absolute atomic E-state index is 11.2. The molecule has 0 bridgehead atoms. The number of nitrogen functional groups attached to an aromatic ring is 1. The largest absolute Gasteiger partial charge is 0.374 e. The highest BCUT2D eigenvalue weighted by atomic mass is 32.2. The molecule has 72 valence electrons. The maximum Gasteiger partial charge on any atom is 0.227 e. The number of nitrogens with two attached hydrogens (primary N) is 1. The number of nitrogens with zero attached hydrogens (tertiary/aromatic N) is 2. The van der Waals surface area contributed by atoms with Crippen molar-refractivity contribution in [2.45, 2.75) is 6.42 Å². The number of thioether (sulfide) groups is 1. The van der Waals surface area contributed by atoms with E-state index in [-0.39, 0.29) is 5.91 Å². The van der Waals surface area contributed by atoms with Gasteiger partial charge >= 0.3 is 0 Å². The summed E-state index contributed by atoms with van der Waals surface area (Å²) in [4.78, 5) is 11.2. The fourth-order valence-electron chi connectivity index (χ4n) is 0.662. The van der Waals surface area contributed by atoms with E-state index in [1.165, 1.54) is 11.3 Å². The van der Waals surface area contributed by atoms with Gasteiger partial charge in [0.25, 0.3) is 0 Å². The van der Waals surface area contributed by atoms with Gasteiger partial charge in [0.2, 0.25) is 16.2 Å². The lowest BCUT2D eigenvalue weighted by Crippen LogP contribution is -2.11. The van der Waals surface area contributed by atoms with Crippen LogP contribution in [-0.2, 0) is 4.79 Å². The minimum atomic E-state index is -0.0505. The van der Waals surface area contributed by atoms with Crippen molar-refractivity contribution in [2.75, 3.05) is 23.1 Å². The van der Waals surface area contributed by atoms with Crippen molar-refractivity contribution < 1.29 is 4.79 Å². The average Bonchev–Trinajstić information content (AvgIpc) is 2.48. The zero-order valence-electron chi connectivity index (χ0n) is 7.11. The Kier molecular flexibility index (Phi) is 3.97. The predicted octanol–water partition coefficient (Wildman–Crippen LogP) is 0.812. The van der Waals surface area contributed by atoms with Gasteiger partial charge in [-0.25, -0.2) is 0 Å². The number of amides is 1. The van der Waals surface area contributed by atoms with Gasteiger partial charge in [-0.15, -0.1) is 10.2 Å². The average molecular weight is 218 g/mol. The van der Waals surface area contributed by atoms with Crippen molar-refractivity contribution in [3.05, 3.63) is 0 Å². The predicted molar refractivity (Wildman–Crippen MR) is 56.0 cm³/mol. The first-order valence-corrected chi connectivity index (χ1v) is 5.81. The van der Waals surface area contributed by atoms with Gasteiger partial charge in [-0.05, 0) is 6.26 Å². The number of hydrogen-bond donors (Lipinski definition) is 2. The Morgan fingerprint density at radius 3 is 3.00 bits per heavy atom. The minimum absolute atomic E-state index is 0.0505. The number of aromatic nitrogens is 2. The van der Waals surface area contributed by atoms with Crippen LogP contribution >= 0.6 is 23.1 Å². The molecule has 0 aliphatic heterocycles. The van der Waals surface area contributed by atoms with E-state index in [1.807, 2.05) is 6.26 Å². The highest BCUT2D eigenvalue weighted by molar-refractivity contribution is 7.98. The molecule has 0 fully saturated rings. The molecule has 0 saturated heterocycles. The summed E-state index contributed by atoms with van der Waals surface area (Å²) in [6.07, 6.45) is 2.44. The fraction of sp³-hybridized carbons (Fsp3) is 0.500. The zero-order chi connectivity index (χ0) is 9.68. The van der Waals surface area contributed by atoms with E-state index in [1.54, 1.807) is 11.8 Å². The molecule has 0 aliphatic rings. The van der Waals surface area contributed by atoms with E-state index in [0.717, 1.165) is 5.75 Å². The molecule has 13 heavy (non-hydrogen) atoms. The molecule has 0 atom stereocenters. The van der Waals surface area contributed by atoms with Crippen LogP contribution in [0.3, 0.4) is 0 Å². The van der Waals surface area contributed by atoms with Crippen LogP contribution in [0.4, 0.5) is 10.3 Å². The van der Waals surface area contributed by atoms with Gasteiger partial charge in [0.05, 0.1) is 0 Å². The Hall–Kier alpha value is -0.820. The Bertz CT molecular complexity index is 288. The monoisotopic (exact) mass is 218 g/mol. The third kappa shape index (κ3) is 3.60. The smallest absolute Gasteiger partial charge is 0.227 e. The maximum atomic E-state index is 11.2.